The molecule has 1 aromatic carbocycles. The molecule has 1 aromatic rings. The van der Waals surface area contributed by atoms with Gasteiger partial charge in [-0.3, -0.25) is 0 Å². The van der Waals surface area contributed by atoms with Crippen LogP contribution in [0.25, 0.3) is 0 Å². The molecule has 0 bridgehead atoms. The number of aliphatic hydroxyl groups is 1. The summed E-state index contributed by atoms with van der Waals surface area (Å²) in [6, 6.07) is 5.15. The minimum atomic E-state index is -0.574. The number of rotatable bonds is 6. The van der Waals surface area contributed by atoms with Gasteiger partial charge in [-0.25, -0.2) is 0 Å². The number of aromatic hydroxyl groups is 1. The summed E-state index contributed by atoms with van der Waals surface area (Å²) in [6.45, 7) is 6.10. The van der Waals surface area contributed by atoms with Crippen LogP contribution in [-0.4, -0.2) is 29.0 Å². The number of benzene rings is 1. The fraction of sp³-hybridized carbons (Fsp3) is 0.571. The molecule has 0 spiro atoms. The van der Waals surface area contributed by atoms with Gasteiger partial charge in [0, 0.05) is 11.6 Å². The normalized spacial score (nSPS) is 16.1. The van der Waals surface area contributed by atoms with E-state index in [1.54, 1.807) is 13.0 Å². The van der Waals surface area contributed by atoms with Gasteiger partial charge in [0.05, 0.1) is 12.7 Å². The zero-order chi connectivity index (χ0) is 13.7. The third-order valence-electron chi connectivity index (χ3n) is 3.06. The van der Waals surface area contributed by atoms with Gasteiger partial charge >= 0.3 is 0 Å². The molecule has 0 heterocycles. The SMILES string of the molecule is CCOc1cccc(C(C)CC(O)C(C)N)c1O. The molecule has 3 unspecified atom stereocenters. The first-order chi connectivity index (χ1) is 8.47. The summed E-state index contributed by atoms with van der Waals surface area (Å²) in [4.78, 5) is 0. The number of ether oxygens (including phenoxy) is 1. The Bertz CT molecular complexity index is 379. The second kappa shape index (κ2) is 6.61. The maximum absolute atomic E-state index is 10.1. The topological polar surface area (TPSA) is 75.7 Å². The van der Waals surface area contributed by atoms with Crippen molar-refractivity contribution in [2.75, 3.05) is 6.61 Å². The van der Waals surface area contributed by atoms with Crippen LogP contribution in [0.1, 0.15) is 38.7 Å². The third kappa shape index (κ3) is 3.62. The lowest BCUT2D eigenvalue weighted by molar-refractivity contribution is 0.134. The molecule has 0 aliphatic carbocycles. The molecule has 3 atom stereocenters. The second-order valence-corrected chi connectivity index (χ2v) is 4.69. The van der Waals surface area contributed by atoms with Crippen molar-refractivity contribution >= 4 is 0 Å². The van der Waals surface area contributed by atoms with Crippen molar-refractivity contribution in [2.45, 2.75) is 45.3 Å². The molecule has 0 aromatic heterocycles. The number of hydrogen-bond donors (Lipinski definition) is 3. The second-order valence-electron chi connectivity index (χ2n) is 4.69. The van der Waals surface area contributed by atoms with Crippen LogP contribution < -0.4 is 10.5 Å². The Labute approximate surface area is 108 Å². The highest BCUT2D eigenvalue weighted by Crippen LogP contribution is 2.36. The predicted molar refractivity (Wildman–Crippen MR) is 72.0 cm³/mol. The van der Waals surface area contributed by atoms with Crippen molar-refractivity contribution in [3.05, 3.63) is 23.8 Å². The zero-order valence-corrected chi connectivity index (χ0v) is 11.3. The van der Waals surface area contributed by atoms with Crippen LogP contribution in [0.4, 0.5) is 0 Å². The minimum absolute atomic E-state index is 0.0198. The number of phenols is 1. The Kier molecular flexibility index (Phi) is 5.44. The number of nitrogens with two attached hydrogens (primary N) is 1. The molecule has 102 valence electrons. The molecule has 4 nitrogen and oxygen atoms in total. The van der Waals surface area contributed by atoms with E-state index in [9.17, 15) is 10.2 Å². The van der Waals surface area contributed by atoms with E-state index in [1.807, 2.05) is 26.0 Å². The largest absolute Gasteiger partial charge is 0.504 e. The van der Waals surface area contributed by atoms with E-state index in [2.05, 4.69) is 0 Å². The minimum Gasteiger partial charge on any atom is -0.504 e. The fourth-order valence-corrected chi connectivity index (χ4v) is 1.91. The Morgan fingerprint density at radius 3 is 2.56 bits per heavy atom. The van der Waals surface area contributed by atoms with Gasteiger partial charge in [0.15, 0.2) is 11.5 Å². The van der Waals surface area contributed by atoms with E-state index in [-0.39, 0.29) is 17.7 Å². The molecule has 0 aliphatic rings. The smallest absolute Gasteiger partial charge is 0.161 e. The van der Waals surface area contributed by atoms with Gasteiger partial charge in [0.25, 0.3) is 0 Å². The van der Waals surface area contributed by atoms with E-state index < -0.39 is 6.10 Å². The predicted octanol–water partition coefficient (Wildman–Crippen LogP) is 1.99. The number of para-hydroxylation sites is 1. The molecule has 0 saturated heterocycles. The van der Waals surface area contributed by atoms with Gasteiger partial charge in [-0.05, 0) is 32.3 Å². The van der Waals surface area contributed by atoms with E-state index in [0.29, 0.717) is 18.8 Å². The van der Waals surface area contributed by atoms with E-state index in [0.717, 1.165) is 5.56 Å². The van der Waals surface area contributed by atoms with Crippen LogP contribution in [0.3, 0.4) is 0 Å². The van der Waals surface area contributed by atoms with Crippen molar-refractivity contribution < 1.29 is 14.9 Å². The maximum atomic E-state index is 10.1. The van der Waals surface area contributed by atoms with Crippen LogP contribution in [0.2, 0.25) is 0 Å². The van der Waals surface area contributed by atoms with Crippen LogP contribution >= 0.6 is 0 Å². The molecule has 0 fully saturated rings. The summed E-state index contributed by atoms with van der Waals surface area (Å²) in [5.41, 5.74) is 6.42. The lowest BCUT2D eigenvalue weighted by Gasteiger charge is -2.21. The molecule has 0 amide bonds. The molecule has 0 saturated carbocycles. The first-order valence-electron chi connectivity index (χ1n) is 6.35. The Balaban J connectivity index is 2.85. The van der Waals surface area contributed by atoms with Gasteiger partial charge < -0.3 is 20.7 Å². The average Bonchev–Trinajstić information content (AvgIpc) is 2.31. The van der Waals surface area contributed by atoms with E-state index >= 15 is 0 Å². The van der Waals surface area contributed by atoms with Crippen LogP contribution in [0, 0.1) is 0 Å². The summed E-state index contributed by atoms with van der Waals surface area (Å²) in [5, 5.41) is 19.9. The van der Waals surface area contributed by atoms with Gasteiger partial charge in [-0.2, -0.15) is 0 Å². The van der Waals surface area contributed by atoms with Crippen molar-refractivity contribution in [2.24, 2.45) is 5.73 Å². The van der Waals surface area contributed by atoms with Gasteiger partial charge in [-0.1, -0.05) is 19.1 Å². The zero-order valence-electron chi connectivity index (χ0n) is 11.3. The first kappa shape index (κ1) is 14.8. The lowest BCUT2D eigenvalue weighted by Crippen LogP contribution is -2.32. The molecule has 18 heavy (non-hydrogen) atoms. The number of phenolic OH excluding ortho intramolecular Hbond substituents is 1. The standard InChI is InChI=1S/C14H23NO3/c1-4-18-13-7-5-6-11(14(13)17)9(2)8-12(16)10(3)15/h5-7,9-10,12,16-17H,4,8,15H2,1-3H3. The number of aliphatic hydroxyl groups excluding tert-OH is 1. The Morgan fingerprint density at radius 1 is 1.33 bits per heavy atom. The van der Waals surface area contributed by atoms with Crippen molar-refractivity contribution in [1.82, 2.24) is 0 Å². The number of hydrogen-bond acceptors (Lipinski definition) is 4. The quantitative estimate of drug-likeness (QED) is 0.724. The molecular formula is C14H23NO3. The van der Waals surface area contributed by atoms with Crippen LogP contribution in [-0.2, 0) is 0 Å². The van der Waals surface area contributed by atoms with Gasteiger partial charge in [0.1, 0.15) is 0 Å². The molecule has 0 radical (unpaired) electrons. The third-order valence-corrected chi connectivity index (χ3v) is 3.06. The van der Waals surface area contributed by atoms with Gasteiger partial charge in [0.2, 0.25) is 0 Å². The van der Waals surface area contributed by atoms with Crippen LogP contribution in [0.15, 0.2) is 18.2 Å². The Morgan fingerprint density at radius 2 is 2.00 bits per heavy atom. The average molecular weight is 253 g/mol. The molecule has 4 N–H and O–H groups in total. The maximum Gasteiger partial charge on any atom is 0.161 e. The van der Waals surface area contributed by atoms with Crippen molar-refractivity contribution in [3.63, 3.8) is 0 Å². The lowest BCUT2D eigenvalue weighted by atomic mass is 9.92. The summed E-state index contributed by atoms with van der Waals surface area (Å²) < 4.78 is 5.34. The first-order valence-corrected chi connectivity index (χ1v) is 6.35. The van der Waals surface area contributed by atoms with Crippen LogP contribution in [0.5, 0.6) is 11.5 Å². The summed E-state index contributed by atoms with van der Waals surface area (Å²) in [7, 11) is 0. The molecule has 1 rings (SSSR count). The molecule has 0 aliphatic heterocycles. The summed E-state index contributed by atoms with van der Waals surface area (Å²) in [5.74, 6) is 0.660. The highest BCUT2D eigenvalue weighted by atomic mass is 16.5. The summed E-state index contributed by atoms with van der Waals surface area (Å²) in [6.07, 6.45) is -0.0592. The highest BCUT2D eigenvalue weighted by molar-refractivity contribution is 5.46. The molecular weight excluding hydrogens is 230 g/mol. The van der Waals surface area contributed by atoms with Crippen molar-refractivity contribution in [3.8, 4) is 11.5 Å². The highest BCUT2D eigenvalue weighted by Gasteiger charge is 2.19. The Hall–Kier alpha value is -1.26. The summed E-state index contributed by atoms with van der Waals surface area (Å²) >= 11 is 0. The molecule has 4 heteroatoms. The van der Waals surface area contributed by atoms with Gasteiger partial charge in [-0.15, -0.1) is 0 Å². The van der Waals surface area contributed by atoms with E-state index in [4.69, 9.17) is 10.5 Å². The fourth-order valence-electron chi connectivity index (χ4n) is 1.91. The monoisotopic (exact) mass is 253 g/mol. The van der Waals surface area contributed by atoms with Crippen molar-refractivity contribution in [1.29, 1.82) is 0 Å². The van der Waals surface area contributed by atoms with E-state index in [1.165, 1.54) is 0 Å².